The first-order valence-corrected chi connectivity index (χ1v) is 13.1. The summed E-state index contributed by atoms with van der Waals surface area (Å²) in [5.41, 5.74) is 4.92. The molecule has 0 bridgehead atoms. The second-order valence-corrected chi connectivity index (χ2v) is 12.0. The molecule has 2 saturated heterocycles. The number of aromatic nitrogens is 2. The van der Waals surface area contributed by atoms with E-state index in [2.05, 4.69) is 43.1 Å². The summed E-state index contributed by atoms with van der Waals surface area (Å²) in [5.74, 6) is 0.863. The van der Waals surface area contributed by atoms with Gasteiger partial charge >= 0.3 is 0 Å². The van der Waals surface area contributed by atoms with Gasteiger partial charge in [-0.1, -0.05) is 37.1 Å². The van der Waals surface area contributed by atoms with Crippen LogP contribution in [0, 0.1) is 5.41 Å². The number of rotatable bonds is 2. The highest BCUT2D eigenvalue weighted by molar-refractivity contribution is 5.71. The first-order chi connectivity index (χ1) is 15.9. The van der Waals surface area contributed by atoms with Crippen LogP contribution in [-0.2, 0) is 23.1 Å². The Balaban J connectivity index is 1.33. The molecule has 1 saturated carbocycles. The average Bonchev–Trinajstić information content (AvgIpc) is 3.21. The highest BCUT2D eigenvalue weighted by Gasteiger charge is 2.46. The number of fused-ring (bicyclic) bond motifs is 4. The maximum Gasteiger partial charge on any atom is 0.255 e. The Morgan fingerprint density at radius 2 is 1.91 bits per heavy atom. The van der Waals surface area contributed by atoms with Crippen LogP contribution in [0.5, 0.6) is 0 Å². The Hall–Kier alpha value is -1.98. The molecule has 2 aliphatic carbocycles. The number of piperidine rings is 1. The van der Waals surface area contributed by atoms with Gasteiger partial charge < -0.3 is 14.6 Å². The van der Waals surface area contributed by atoms with Gasteiger partial charge in [0, 0.05) is 23.0 Å². The highest BCUT2D eigenvalue weighted by Crippen LogP contribution is 2.49. The van der Waals surface area contributed by atoms with Crippen LogP contribution in [0.1, 0.15) is 82.2 Å². The zero-order valence-corrected chi connectivity index (χ0v) is 20.3. The van der Waals surface area contributed by atoms with E-state index in [1.54, 1.807) is 4.90 Å². The van der Waals surface area contributed by atoms with Gasteiger partial charge in [0.2, 0.25) is 0 Å². The predicted octanol–water partition coefficient (Wildman–Crippen LogP) is 3.56. The van der Waals surface area contributed by atoms with Crippen molar-refractivity contribution in [3.05, 3.63) is 51.6 Å². The van der Waals surface area contributed by atoms with Crippen LogP contribution in [0.15, 0.2) is 29.1 Å². The largest absolute Gasteiger partial charge is 0.376 e. The number of hydrogen-bond donors (Lipinski definition) is 2. The summed E-state index contributed by atoms with van der Waals surface area (Å²) in [5, 5.41) is 0. The second kappa shape index (κ2) is 7.78. The van der Waals surface area contributed by atoms with E-state index in [0.29, 0.717) is 5.41 Å². The van der Waals surface area contributed by atoms with Crippen LogP contribution < -0.4 is 10.5 Å². The lowest BCUT2D eigenvalue weighted by Crippen LogP contribution is -3.13. The first-order valence-electron chi connectivity index (χ1n) is 13.1. The molecule has 1 aromatic heterocycles. The van der Waals surface area contributed by atoms with Crippen molar-refractivity contribution in [2.24, 2.45) is 5.41 Å². The molecule has 1 unspecified atom stereocenters. The summed E-state index contributed by atoms with van der Waals surface area (Å²) < 4.78 is 6.03. The van der Waals surface area contributed by atoms with E-state index in [9.17, 15) is 4.79 Å². The fourth-order valence-corrected chi connectivity index (χ4v) is 7.89. The van der Waals surface area contributed by atoms with Crippen LogP contribution >= 0.6 is 0 Å². The number of H-pyrrole nitrogens is 1. The predicted molar refractivity (Wildman–Crippen MR) is 129 cm³/mol. The third-order valence-electron chi connectivity index (χ3n) is 9.07. The van der Waals surface area contributed by atoms with Gasteiger partial charge in [-0.25, -0.2) is 4.98 Å². The molecule has 2 N–H and O–H groups in total. The van der Waals surface area contributed by atoms with Gasteiger partial charge in [0.25, 0.3) is 5.56 Å². The van der Waals surface area contributed by atoms with Gasteiger partial charge in [0.05, 0.1) is 29.9 Å². The molecule has 2 atom stereocenters. The van der Waals surface area contributed by atoms with Crippen molar-refractivity contribution >= 4 is 0 Å². The quantitative estimate of drug-likeness (QED) is 0.739. The molecule has 2 spiro atoms. The fraction of sp³-hybridized carbons (Fsp3) is 0.643. The van der Waals surface area contributed by atoms with E-state index < -0.39 is 0 Å². The molecule has 1 aromatic carbocycles. The summed E-state index contributed by atoms with van der Waals surface area (Å²) in [6.07, 6.45) is 10.5. The Morgan fingerprint density at radius 1 is 1.09 bits per heavy atom. The van der Waals surface area contributed by atoms with Gasteiger partial charge in [-0.15, -0.1) is 0 Å². The van der Waals surface area contributed by atoms with E-state index in [1.807, 2.05) is 0 Å². The molecule has 3 heterocycles. The molecule has 33 heavy (non-hydrogen) atoms. The van der Waals surface area contributed by atoms with Gasteiger partial charge in [-0.2, -0.15) is 0 Å². The van der Waals surface area contributed by atoms with E-state index >= 15 is 0 Å². The standard InChI is InChI=1S/C28H37N3O2/c1-26(2)18-27(13-15-33-26)10-7-14-31(19-27)17-22-29-24-21-9-4-3-8-20(21)16-28(11-5-6-12-28)23(24)25(32)30-22/h3-4,8-9H,5-7,10-19H2,1-2H3,(H,29,30,32)/p+1/t27-/m0/s1. The minimum atomic E-state index is -0.0294. The summed E-state index contributed by atoms with van der Waals surface area (Å²) in [6, 6.07) is 8.63. The highest BCUT2D eigenvalue weighted by atomic mass is 16.5. The molecule has 2 aliphatic heterocycles. The number of hydrogen-bond acceptors (Lipinski definition) is 3. The maximum absolute atomic E-state index is 13.6. The molecule has 5 nitrogen and oxygen atoms in total. The SMILES string of the molecule is CC1(C)C[C@]2(CCC[NH+](Cc3nc4c(c(=O)[nH]3)C3(CCCC3)Cc3ccccc3-4)C2)CCO1. The van der Waals surface area contributed by atoms with Crippen LogP contribution in [0.3, 0.4) is 0 Å². The Morgan fingerprint density at radius 3 is 2.73 bits per heavy atom. The second-order valence-electron chi connectivity index (χ2n) is 12.0. The molecule has 0 radical (unpaired) electrons. The van der Waals surface area contributed by atoms with Crippen molar-refractivity contribution in [3.63, 3.8) is 0 Å². The lowest BCUT2D eigenvalue weighted by molar-refractivity contribution is -0.927. The number of benzene rings is 1. The molecule has 4 aliphatic rings. The molecular weight excluding hydrogens is 410 g/mol. The zero-order chi connectivity index (χ0) is 22.7. The van der Waals surface area contributed by atoms with Crippen LogP contribution in [0.4, 0.5) is 0 Å². The summed E-state index contributed by atoms with van der Waals surface area (Å²) in [4.78, 5) is 23.6. The van der Waals surface area contributed by atoms with Gasteiger partial charge in [0.1, 0.15) is 6.54 Å². The van der Waals surface area contributed by atoms with Crippen LogP contribution in [0.2, 0.25) is 0 Å². The Kier molecular flexibility index (Phi) is 5.08. The molecule has 6 rings (SSSR count). The number of nitrogens with zero attached hydrogens (tertiary/aromatic N) is 1. The number of nitrogens with one attached hydrogen (secondary N) is 2. The van der Waals surface area contributed by atoms with Crippen molar-refractivity contribution in [1.82, 2.24) is 9.97 Å². The minimum absolute atomic E-state index is 0.0154. The summed E-state index contributed by atoms with van der Waals surface area (Å²) in [6.45, 7) is 8.46. The molecule has 2 aromatic rings. The van der Waals surface area contributed by atoms with E-state index in [0.717, 1.165) is 75.4 Å². The number of aromatic amines is 1. The summed E-state index contributed by atoms with van der Waals surface area (Å²) in [7, 11) is 0. The van der Waals surface area contributed by atoms with Crippen molar-refractivity contribution in [2.75, 3.05) is 19.7 Å². The Labute approximate surface area is 197 Å². The number of ether oxygens (including phenoxy) is 1. The van der Waals surface area contributed by atoms with Crippen molar-refractivity contribution < 1.29 is 9.64 Å². The van der Waals surface area contributed by atoms with E-state index in [1.165, 1.54) is 36.8 Å². The molecule has 5 heteroatoms. The first kappa shape index (κ1) is 21.5. The summed E-state index contributed by atoms with van der Waals surface area (Å²) >= 11 is 0. The lowest BCUT2D eigenvalue weighted by atomic mass is 9.68. The monoisotopic (exact) mass is 448 g/mol. The fourth-order valence-electron chi connectivity index (χ4n) is 7.89. The molecule has 176 valence electrons. The normalized spacial score (nSPS) is 29.7. The molecule has 3 fully saturated rings. The Bertz CT molecular complexity index is 1110. The number of likely N-dealkylation sites (tertiary alicyclic amines) is 1. The van der Waals surface area contributed by atoms with Crippen molar-refractivity contribution in [1.29, 1.82) is 0 Å². The zero-order valence-electron chi connectivity index (χ0n) is 20.3. The maximum atomic E-state index is 13.6. The van der Waals surface area contributed by atoms with Gasteiger partial charge in [0.15, 0.2) is 5.82 Å². The van der Waals surface area contributed by atoms with Gasteiger partial charge in [-0.05, 0) is 64.4 Å². The topological polar surface area (TPSA) is 59.4 Å². The molecule has 0 amide bonds. The van der Waals surface area contributed by atoms with Crippen molar-refractivity contribution in [2.45, 2.75) is 89.2 Å². The van der Waals surface area contributed by atoms with Crippen LogP contribution in [0.25, 0.3) is 11.3 Å². The third kappa shape index (κ3) is 3.77. The van der Waals surface area contributed by atoms with Gasteiger partial charge in [-0.3, -0.25) is 4.79 Å². The molecular formula is C28H38N3O2+. The van der Waals surface area contributed by atoms with E-state index in [4.69, 9.17) is 9.72 Å². The smallest absolute Gasteiger partial charge is 0.255 e. The third-order valence-corrected chi connectivity index (χ3v) is 9.07. The number of quaternary nitrogens is 1. The minimum Gasteiger partial charge on any atom is -0.376 e. The van der Waals surface area contributed by atoms with Crippen LogP contribution in [-0.4, -0.2) is 35.3 Å². The average molecular weight is 449 g/mol. The van der Waals surface area contributed by atoms with Crippen molar-refractivity contribution in [3.8, 4) is 11.3 Å². The lowest BCUT2D eigenvalue weighted by Gasteiger charge is -2.48. The van der Waals surface area contributed by atoms with E-state index in [-0.39, 0.29) is 16.6 Å².